The standard InChI is InChI=1S/C12H8INO/c1-7-4-11-12(14-6-7)9-3-2-8(13)5-10(9)15-11/h2-6H,1H3. The number of fused-ring (bicyclic) bond motifs is 3. The van der Waals surface area contributed by atoms with Crippen molar-refractivity contribution in [1.82, 2.24) is 4.98 Å². The normalized spacial score (nSPS) is 11.3. The Morgan fingerprint density at radius 3 is 2.93 bits per heavy atom. The van der Waals surface area contributed by atoms with Gasteiger partial charge in [0.25, 0.3) is 0 Å². The molecule has 0 spiro atoms. The van der Waals surface area contributed by atoms with Crippen LogP contribution in [-0.2, 0) is 0 Å². The number of pyridine rings is 1. The molecule has 0 aliphatic rings. The molecule has 0 aliphatic carbocycles. The van der Waals surface area contributed by atoms with Crippen molar-refractivity contribution in [2.45, 2.75) is 6.92 Å². The predicted molar refractivity (Wildman–Crippen MR) is 69.0 cm³/mol. The zero-order valence-corrected chi connectivity index (χ0v) is 10.3. The minimum atomic E-state index is 0.868. The van der Waals surface area contributed by atoms with Crippen LogP contribution in [0.25, 0.3) is 22.1 Å². The van der Waals surface area contributed by atoms with Gasteiger partial charge in [-0.15, -0.1) is 0 Å². The average Bonchev–Trinajstić information content (AvgIpc) is 2.53. The van der Waals surface area contributed by atoms with Crippen molar-refractivity contribution < 1.29 is 4.42 Å². The van der Waals surface area contributed by atoms with Crippen LogP contribution in [0, 0.1) is 10.5 Å². The van der Waals surface area contributed by atoms with Crippen molar-refractivity contribution in [2.24, 2.45) is 0 Å². The van der Waals surface area contributed by atoms with E-state index in [4.69, 9.17) is 4.42 Å². The molecule has 0 aliphatic heterocycles. The molecule has 15 heavy (non-hydrogen) atoms. The molecule has 0 N–H and O–H groups in total. The van der Waals surface area contributed by atoms with Crippen molar-refractivity contribution in [2.75, 3.05) is 0 Å². The fourth-order valence-corrected chi connectivity index (χ4v) is 2.18. The van der Waals surface area contributed by atoms with Crippen molar-refractivity contribution in [1.29, 1.82) is 0 Å². The number of hydrogen-bond donors (Lipinski definition) is 0. The first-order valence-electron chi connectivity index (χ1n) is 4.68. The van der Waals surface area contributed by atoms with E-state index >= 15 is 0 Å². The van der Waals surface area contributed by atoms with Gasteiger partial charge in [0.05, 0.1) is 0 Å². The second kappa shape index (κ2) is 3.20. The number of furan rings is 1. The summed E-state index contributed by atoms with van der Waals surface area (Å²) in [4.78, 5) is 4.40. The van der Waals surface area contributed by atoms with Crippen molar-refractivity contribution >= 4 is 44.7 Å². The summed E-state index contributed by atoms with van der Waals surface area (Å²) in [6, 6.07) is 8.19. The number of hydrogen-bond acceptors (Lipinski definition) is 2. The van der Waals surface area contributed by atoms with Gasteiger partial charge in [0.2, 0.25) is 0 Å². The van der Waals surface area contributed by atoms with E-state index in [1.807, 2.05) is 25.3 Å². The van der Waals surface area contributed by atoms with Crippen LogP contribution < -0.4 is 0 Å². The SMILES string of the molecule is Cc1cnc2c(c1)oc1cc(I)ccc12. The first-order chi connectivity index (χ1) is 7.24. The summed E-state index contributed by atoms with van der Waals surface area (Å²) in [6.07, 6.45) is 1.87. The van der Waals surface area contributed by atoms with E-state index in [9.17, 15) is 0 Å². The van der Waals surface area contributed by atoms with Crippen LogP contribution >= 0.6 is 22.6 Å². The number of benzene rings is 1. The van der Waals surface area contributed by atoms with E-state index in [0.29, 0.717) is 0 Å². The fraction of sp³-hybridized carbons (Fsp3) is 0.0833. The Morgan fingerprint density at radius 1 is 1.20 bits per heavy atom. The Labute approximate surface area is 100 Å². The minimum Gasteiger partial charge on any atom is -0.454 e. The average molecular weight is 309 g/mol. The fourth-order valence-electron chi connectivity index (χ4n) is 1.72. The summed E-state index contributed by atoms with van der Waals surface area (Å²) in [5.74, 6) is 0. The monoisotopic (exact) mass is 309 g/mol. The number of nitrogens with zero attached hydrogens (tertiary/aromatic N) is 1. The largest absolute Gasteiger partial charge is 0.454 e. The van der Waals surface area contributed by atoms with Gasteiger partial charge < -0.3 is 4.42 Å². The van der Waals surface area contributed by atoms with Crippen LogP contribution in [0.4, 0.5) is 0 Å². The Hall–Kier alpha value is -1.10. The highest BCUT2D eigenvalue weighted by Crippen LogP contribution is 2.28. The van der Waals surface area contributed by atoms with Gasteiger partial charge in [-0.25, -0.2) is 0 Å². The molecule has 3 heteroatoms. The van der Waals surface area contributed by atoms with Gasteiger partial charge in [-0.05, 0) is 59.3 Å². The van der Waals surface area contributed by atoms with E-state index in [-0.39, 0.29) is 0 Å². The first kappa shape index (κ1) is 9.15. The van der Waals surface area contributed by atoms with Crippen LogP contribution in [0.3, 0.4) is 0 Å². The van der Waals surface area contributed by atoms with E-state index in [1.54, 1.807) is 0 Å². The number of rotatable bonds is 0. The van der Waals surface area contributed by atoms with Crippen LogP contribution in [0.5, 0.6) is 0 Å². The number of halogens is 1. The molecule has 1 aromatic carbocycles. The molecule has 74 valence electrons. The van der Waals surface area contributed by atoms with Gasteiger partial charge in [-0.1, -0.05) is 0 Å². The maximum atomic E-state index is 5.75. The van der Waals surface area contributed by atoms with Crippen LogP contribution in [0.15, 0.2) is 34.9 Å². The molecule has 0 radical (unpaired) electrons. The molecular formula is C12H8INO. The van der Waals surface area contributed by atoms with Crippen LogP contribution in [0.2, 0.25) is 0 Å². The molecule has 0 saturated carbocycles. The topological polar surface area (TPSA) is 26.0 Å². The lowest BCUT2D eigenvalue weighted by atomic mass is 10.2. The molecule has 0 unspecified atom stereocenters. The first-order valence-corrected chi connectivity index (χ1v) is 5.76. The number of aryl methyl sites for hydroxylation is 1. The lowest BCUT2D eigenvalue weighted by Crippen LogP contribution is -1.76. The molecule has 3 aromatic rings. The van der Waals surface area contributed by atoms with Gasteiger partial charge in [-0.2, -0.15) is 0 Å². The zero-order valence-electron chi connectivity index (χ0n) is 8.12. The van der Waals surface area contributed by atoms with Gasteiger partial charge in [0.15, 0.2) is 5.58 Å². The Balaban J connectivity index is 2.51. The van der Waals surface area contributed by atoms with Gasteiger partial charge in [-0.3, -0.25) is 4.98 Å². The quantitative estimate of drug-likeness (QED) is 0.589. The molecule has 2 heterocycles. The second-order valence-electron chi connectivity index (χ2n) is 3.60. The number of aromatic nitrogens is 1. The van der Waals surface area contributed by atoms with Gasteiger partial charge >= 0.3 is 0 Å². The molecule has 0 atom stereocenters. The van der Waals surface area contributed by atoms with Crippen LogP contribution in [-0.4, -0.2) is 4.98 Å². The second-order valence-corrected chi connectivity index (χ2v) is 4.85. The predicted octanol–water partition coefficient (Wildman–Crippen LogP) is 3.89. The zero-order chi connectivity index (χ0) is 10.4. The highest BCUT2D eigenvalue weighted by molar-refractivity contribution is 14.1. The molecule has 0 amide bonds. The molecule has 0 saturated heterocycles. The van der Waals surface area contributed by atoms with E-state index in [2.05, 4.69) is 39.7 Å². The highest BCUT2D eigenvalue weighted by Gasteiger charge is 2.07. The van der Waals surface area contributed by atoms with E-state index in [0.717, 1.165) is 27.6 Å². The van der Waals surface area contributed by atoms with E-state index in [1.165, 1.54) is 3.57 Å². The van der Waals surface area contributed by atoms with Crippen molar-refractivity contribution in [3.05, 3.63) is 39.6 Å². The summed E-state index contributed by atoms with van der Waals surface area (Å²) < 4.78 is 6.92. The maximum absolute atomic E-state index is 5.75. The lowest BCUT2D eigenvalue weighted by molar-refractivity contribution is 0.667. The minimum absolute atomic E-state index is 0.868. The molecular weight excluding hydrogens is 301 g/mol. The van der Waals surface area contributed by atoms with Crippen molar-refractivity contribution in [3.8, 4) is 0 Å². The maximum Gasteiger partial charge on any atom is 0.154 e. The molecule has 2 nitrogen and oxygen atoms in total. The summed E-state index contributed by atoms with van der Waals surface area (Å²) in [5.41, 5.74) is 3.85. The molecule has 2 aromatic heterocycles. The summed E-state index contributed by atoms with van der Waals surface area (Å²) in [7, 11) is 0. The molecule has 0 bridgehead atoms. The third kappa shape index (κ3) is 1.42. The van der Waals surface area contributed by atoms with Crippen molar-refractivity contribution in [3.63, 3.8) is 0 Å². The molecule has 0 fully saturated rings. The summed E-state index contributed by atoms with van der Waals surface area (Å²) >= 11 is 2.28. The summed E-state index contributed by atoms with van der Waals surface area (Å²) in [5, 5.41) is 1.09. The Kier molecular flexibility index (Phi) is 1.95. The third-order valence-electron chi connectivity index (χ3n) is 2.41. The van der Waals surface area contributed by atoms with Gasteiger partial charge in [0, 0.05) is 15.2 Å². The smallest absolute Gasteiger partial charge is 0.154 e. The van der Waals surface area contributed by atoms with Crippen LogP contribution in [0.1, 0.15) is 5.56 Å². The summed E-state index contributed by atoms with van der Waals surface area (Å²) in [6.45, 7) is 2.02. The third-order valence-corrected chi connectivity index (χ3v) is 3.08. The Morgan fingerprint density at radius 2 is 2.07 bits per heavy atom. The Bertz CT molecular complexity index is 601. The highest BCUT2D eigenvalue weighted by atomic mass is 127. The lowest BCUT2D eigenvalue weighted by Gasteiger charge is -1.90. The van der Waals surface area contributed by atoms with Gasteiger partial charge in [0.1, 0.15) is 11.1 Å². The van der Waals surface area contributed by atoms with E-state index < -0.39 is 0 Å². The molecule has 3 rings (SSSR count).